The van der Waals surface area contributed by atoms with Crippen LogP contribution in [0.15, 0.2) is 60.4 Å². The minimum Gasteiger partial charge on any atom is -0.377 e. The van der Waals surface area contributed by atoms with Gasteiger partial charge in [0.15, 0.2) is 5.72 Å². The zero-order chi connectivity index (χ0) is 16.1. The van der Waals surface area contributed by atoms with Crippen LogP contribution in [-0.4, -0.2) is 31.9 Å². The fraction of sp³-hybridized carbons (Fsp3) is 0.316. The molecule has 1 aromatic heterocycles. The Morgan fingerprint density at radius 3 is 2.65 bits per heavy atom. The van der Waals surface area contributed by atoms with Gasteiger partial charge in [-0.3, -0.25) is 10.3 Å². The molecule has 4 heteroatoms. The molecule has 2 heterocycles. The smallest absolute Gasteiger partial charge is 0.171 e. The van der Waals surface area contributed by atoms with Crippen LogP contribution in [0.1, 0.15) is 17.5 Å². The van der Waals surface area contributed by atoms with Crippen LogP contribution in [0.25, 0.3) is 6.08 Å². The summed E-state index contributed by atoms with van der Waals surface area (Å²) in [6.07, 6.45) is 6.66. The molecule has 0 saturated carbocycles. The highest BCUT2D eigenvalue weighted by Crippen LogP contribution is 2.38. The molecule has 1 aromatic carbocycles. The van der Waals surface area contributed by atoms with Gasteiger partial charge in [-0.15, -0.1) is 0 Å². The number of methoxy groups -OCH3 is 2. The molecule has 0 spiro atoms. The monoisotopic (exact) mass is 310 g/mol. The third-order valence-electron chi connectivity index (χ3n) is 4.31. The van der Waals surface area contributed by atoms with E-state index in [0.717, 1.165) is 29.7 Å². The first-order valence-corrected chi connectivity index (χ1v) is 7.81. The molecule has 0 amide bonds. The Labute approximate surface area is 137 Å². The van der Waals surface area contributed by atoms with Gasteiger partial charge in [-0.2, -0.15) is 0 Å². The van der Waals surface area contributed by atoms with E-state index in [-0.39, 0.29) is 6.10 Å². The summed E-state index contributed by atoms with van der Waals surface area (Å²) < 4.78 is 11.7. The van der Waals surface area contributed by atoms with E-state index >= 15 is 0 Å². The zero-order valence-electron chi connectivity index (χ0n) is 13.5. The molecule has 1 saturated heterocycles. The molecular formula is C19H22N2O2. The predicted molar refractivity (Wildman–Crippen MR) is 90.8 cm³/mol. The number of aromatic nitrogens is 1. The molecule has 23 heavy (non-hydrogen) atoms. The van der Waals surface area contributed by atoms with Crippen molar-refractivity contribution >= 4 is 6.08 Å². The molecule has 1 aliphatic rings. The summed E-state index contributed by atoms with van der Waals surface area (Å²) >= 11 is 0. The van der Waals surface area contributed by atoms with Crippen molar-refractivity contribution in [3.63, 3.8) is 0 Å². The molecule has 1 aliphatic heterocycles. The quantitative estimate of drug-likeness (QED) is 0.943. The number of ether oxygens (including phenoxy) is 2. The molecule has 4 nitrogen and oxygen atoms in total. The van der Waals surface area contributed by atoms with Gasteiger partial charge in [-0.1, -0.05) is 36.4 Å². The maximum Gasteiger partial charge on any atom is 0.171 e. The summed E-state index contributed by atoms with van der Waals surface area (Å²) in [6, 6.07) is 14.2. The Balaban J connectivity index is 2.13. The molecule has 0 bridgehead atoms. The lowest BCUT2D eigenvalue weighted by Gasteiger charge is -2.43. The van der Waals surface area contributed by atoms with Crippen molar-refractivity contribution in [3.8, 4) is 0 Å². The number of rotatable bonds is 4. The molecule has 2 aromatic rings. The summed E-state index contributed by atoms with van der Waals surface area (Å²) in [4.78, 5) is 4.26. The second-order valence-corrected chi connectivity index (χ2v) is 5.58. The van der Waals surface area contributed by atoms with E-state index in [2.05, 4.69) is 28.5 Å². The summed E-state index contributed by atoms with van der Waals surface area (Å²) in [7, 11) is 3.47. The Kier molecular flexibility index (Phi) is 4.86. The van der Waals surface area contributed by atoms with Crippen LogP contribution < -0.4 is 5.32 Å². The van der Waals surface area contributed by atoms with Gasteiger partial charge in [0, 0.05) is 44.3 Å². The highest BCUT2D eigenvalue weighted by Gasteiger charge is 2.43. The van der Waals surface area contributed by atoms with Gasteiger partial charge in [0.05, 0.1) is 6.10 Å². The number of pyridine rings is 1. The molecule has 0 aliphatic carbocycles. The Morgan fingerprint density at radius 2 is 2.00 bits per heavy atom. The molecule has 2 atom stereocenters. The van der Waals surface area contributed by atoms with Crippen LogP contribution in [-0.2, 0) is 15.2 Å². The molecule has 1 N–H and O–H groups in total. The first-order chi connectivity index (χ1) is 11.3. The highest BCUT2D eigenvalue weighted by atomic mass is 16.5. The molecule has 3 rings (SSSR count). The van der Waals surface area contributed by atoms with Crippen molar-refractivity contribution in [2.45, 2.75) is 18.2 Å². The van der Waals surface area contributed by atoms with E-state index in [1.807, 2.05) is 36.5 Å². The third-order valence-corrected chi connectivity index (χ3v) is 4.31. The SMILES string of the molecule is COC1CCNC(OC)(c2cccnc2)C1=Cc1ccccc1. The van der Waals surface area contributed by atoms with Crippen LogP contribution in [0.2, 0.25) is 0 Å². The summed E-state index contributed by atoms with van der Waals surface area (Å²) in [5.74, 6) is 0. The van der Waals surface area contributed by atoms with E-state index < -0.39 is 5.72 Å². The van der Waals surface area contributed by atoms with Crippen molar-refractivity contribution in [2.75, 3.05) is 20.8 Å². The van der Waals surface area contributed by atoms with Crippen molar-refractivity contribution in [1.82, 2.24) is 10.3 Å². The van der Waals surface area contributed by atoms with Crippen LogP contribution in [0.5, 0.6) is 0 Å². The van der Waals surface area contributed by atoms with Crippen molar-refractivity contribution in [2.24, 2.45) is 0 Å². The Hall–Kier alpha value is -2.01. The van der Waals surface area contributed by atoms with Crippen LogP contribution in [0.4, 0.5) is 0 Å². The summed E-state index contributed by atoms with van der Waals surface area (Å²) in [6.45, 7) is 0.813. The number of piperidine rings is 1. The van der Waals surface area contributed by atoms with Gasteiger partial charge < -0.3 is 9.47 Å². The minimum absolute atomic E-state index is 0.00314. The zero-order valence-corrected chi connectivity index (χ0v) is 13.5. The summed E-state index contributed by atoms with van der Waals surface area (Å²) in [5, 5.41) is 3.52. The van der Waals surface area contributed by atoms with Crippen LogP contribution in [0, 0.1) is 0 Å². The van der Waals surface area contributed by atoms with Gasteiger partial charge in [0.2, 0.25) is 0 Å². The number of nitrogens with zero attached hydrogens (tertiary/aromatic N) is 1. The fourth-order valence-electron chi connectivity index (χ4n) is 3.18. The van der Waals surface area contributed by atoms with E-state index in [9.17, 15) is 0 Å². The van der Waals surface area contributed by atoms with Crippen LogP contribution in [0.3, 0.4) is 0 Å². The predicted octanol–water partition coefficient (Wildman–Crippen LogP) is 2.97. The van der Waals surface area contributed by atoms with Gasteiger partial charge in [-0.25, -0.2) is 0 Å². The Morgan fingerprint density at radius 1 is 1.17 bits per heavy atom. The van der Waals surface area contributed by atoms with Crippen molar-refractivity contribution in [3.05, 3.63) is 71.6 Å². The highest BCUT2D eigenvalue weighted by molar-refractivity contribution is 5.58. The van der Waals surface area contributed by atoms with Gasteiger partial charge in [0.1, 0.15) is 0 Å². The van der Waals surface area contributed by atoms with Gasteiger partial charge in [0.25, 0.3) is 0 Å². The minimum atomic E-state index is -0.719. The topological polar surface area (TPSA) is 43.4 Å². The first kappa shape index (κ1) is 15.9. The second-order valence-electron chi connectivity index (χ2n) is 5.58. The van der Waals surface area contributed by atoms with Crippen molar-refractivity contribution in [1.29, 1.82) is 0 Å². The fourth-order valence-corrected chi connectivity index (χ4v) is 3.18. The average Bonchev–Trinajstić information content (AvgIpc) is 2.63. The van der Waals surface area contributed by atoms with E-state index in [4.69, 9.17) is 9.47 Å². The lowest BCUT2D eigenvalue weighted by molar-refractivity contribution is -0.0531. The Bertz CT molecular complexity index is 658. The number of nitrogens with one attached hydrogen (secondary N) is 1. The van der Waals surface area contributed by atoms with E-state index in [1.165, 1.54) is 0 Å². The lowest BCUT2D eigenvalue weighted by atomic mass is 9.85. The molecule has 1 fully saturated rings. The molecular weight excluding hydrogens is 288 g/mol. The molecule has 120 valence electrons. The standard InChI is InChI=1S/C19H22N2O2/c1-22-18-10-12-21-19(23-2,16-9-6-11-20-14-16)17(18)13-15-7-4-3-5-8-15/h3-9,11,13-14,18,21H,10,12H2,1-2H3. The van der Waals surface area contributed by atoms with Crippen LogP contribution >= 0.6 is 0 Å². The third kappa shape index (κ3) is 3.06. The van der Waals surface area contributed by atoms with Gasteiger partial charge >= 0.3 is 0 Å². The number of benzene rings is 1. The number of hydrogen-bond donors (Lipinski definition) is 1. The van der Waals surface area contributed by atoms with Gasteiger partial charge in [-0.05, 0) is 24.1 Å². The average molecular weight is 310 g/mol. The maximum absolute atomic E-state index is 5.98. The molecule has 0 radical (unpaired) electrons. The second kappa shape index (κ2) is 7.04. The van der Waals surface area contributed by atoms with E-state index in [0.29, 0.717) is 0 Å². The summed E-state index contributed by atoms with van der Waals surface area (Å²) in [5.41, 5.74) is 2.45. The normalized spacial score (nSPS) is 26.3. The van der Waals surface area contributed by atoms with E-state index in [1.54, 1.807) is 20.4 Å². The first-order valence-electron chi connectivity index (χ1n) is 7.81. The number of hydrogen-bond acceptors (Lipinski definition) is 4. The largest absolute Gasteiger partial charge is 0.377 e. The molecule has 2 unspecified atom stereocenters. The van der Waals surface area contributed by atoms with Crippen molar-refractivity contribution < 1.29 is 9.47 Å². The lowest BCUT2D eigenvalue weighted by Crippen LogP contribution is -2.54. The maximum atomic E-state index is 5.98.